The third kappa shape index (κ3) is 2.49. The second-order valence-electron chi connectivity index (χ2n) is 4.21. The average molecular weight is 214 g/mol. The molecule has 15 heavy (non-hydrogen) atoms. The van der Waals surface area contributed by atoms with Gasteiger partial charge in [-0.15, -0.1) is 0 Å². The van der Waals surface area contributed by atoms with Gasteiger partial charge >= 0.3 is 11.9 Å². The summed E-state index contributed by atoms with van der Waals surface area (Å²) in [5, 5.41) is 0. The molecule has 0 bridgehead atoms. The Morgan fingerprint density at radius 3 is 2.67 bits per heavy atom. The van der Waals surface area contributed by atoms with E-state index < -0.39 is 11.6 Å². The lowest BCUT2D eigenvalue weighted by atomic mass is 9.96. The second kappa shape index (κ2) is 4.64. The largest absolute Gasteiger partial charge is 0.463 e. The summed E-state index contributed by atoms with van der Waals surface area (Å²) in [5.74, 6) is -0.937. The molecule has 0 saturated carbocycles. The van der Waals surface area contributed by atoms with E-state index in [1.54, 1.807) is 13.8 Å². The fourth-order valence-electron chi connectivity index (χ4n) is 1.63. The smallest absolute Gasteiger partial charge is 0.350 e. The highest BCUT2D eigenvalue weighted by atomic mass is 16.6. The van der Waals surface area contributed by atoms with Crippen molar-refractivity contribution >= 4 is 11.9 Å². The van der Waals surface area contributed by atoms with Crippen LogP contribution in [0.25, 0.3) is 0 Å². The zero-order valence-electron chi connectivity index (χ0n) is 9.54. The molecule has 1 aliphatic heterocycles. The van der Waals surface area contributed by atoms with Crippen molar-refractivity contribution in [1.29, 1.82) is 0 Å². The van der Waals surface area contributed by atoms with Crippen LogP contribution >= 0.6 is 0 Å². The van der Waals surface area contributed by atoms with Crippen LogP contribution in [0.4, 0.5) is 0 Å². The van der Waals surface area contributed by atoms with Crippen LogP contribution in [0.15, 0.2) is 0 Å². The van der Waals surface area contributed by atoms with E-state index in [9.17, 15) is 9.59 Å². The van der Waals surface area contributed by atoms with Crippen LogP contribution in [-0.2, 0) is 19.1 Å². The normalized spacial score (nSPS) is 25.5. The van der Waals surface area contributed by atoms with Crippen LogP contribution < -0.4 is 0 Å². The lowest BCUT2D eigenvalue weighted by Crippen LogP contribution is -2.40. The first kappa shape index (κ1) is 12.0. The highest BCUT2D eigenvalue weighted by Crippen LogP contribution is 2.30. The molecule has 1 rings (SSSR count). The summed E-state index contributed by atoms with van der Waals surface area (Å²) in [6.45, 7) is 5.81. The minimum absolute atomic E-state index is 0.216. The monoisotopic (exact) mass is 214 g/mol. The Bertz CT molecular complexity index is 259. The number of carbonyl (C=O) groups excluding carboxylic acids is 2. The molecule has 4 nitrogen and oxygen atoms in total. The summed E-state index contributed by atoms with van der Waals surface area (Å²) >= 11 is 0. The maximum Gasteiger partial charge on any atom is 0.350 e. The van der Waals surface area contributed by atoms with Crippen LogP contribution in [0.3, 0.4) is 0 Å². The molecule has 4 heteroatoms. The van der Waals surface area contributed by atoms with E-state index in [4.69, 9.17) is 9.47 Å². The summed E-state index contributed by atoms with van der Waals surface area (Å²) in [4.78, 5) is 23.0. The lowest BCUT2D eigenvalue weighted by Gasteiger charge is -2.25. The number of esters is 2. The molecule has 0 N–H and O–H groups in total. The Balaban J connectivity index is 2.74. The van der Waals surface area contributed by atoms with Gasteiger partial charge in [0.05, 0.1) is 12.5 Å². The number of hydrogen-bond donors (Lipinski definition) is 0. The van der Waals surface area contributed by atoms with Gasteiger partial charge in [-0.3, -0.25) is 4.79 Å². The van der Waals surface area contributed by atoms with Crippen molar-refractivity contribution in [3.05, 3.63) is 0 Å². The van der Waals surface area contributed by atoms with Gasteiger partial charge in [0.1, 0.15) is 0 Å². The SMILES string of the molecule is CCC[C@]1(OC(=O)C(C)C)CCOC1=O. The molecule has 86 valence electrons. The van der Waals surface area contributed by atoms with Gasteiger partial charge in [-0.1, -0.05) is 27.2 Å². The number of cyclic esters (lactones) is 1. The van der Waals surface area contributed by atoms with E-state index in [0.29, 0.717) is 19.4 Å². The molecule has 0 radical (unpaired) electrons. The second-order valence-corrected chi connectivity index (χ2v) is 4.21. The maximum absolute atomic E-state index is 11.5. The maximum atomic E-state index is 11.5. The molecule has 0 aromatic rings. The number of ether oxygens (including phenoxy) is 2. The van der Waals surface area contributed by atoms with Gasteiger partial charge < -0.3 is 9.47 Å². The van der Waals surface area contributed by atoms with Crippen LogP contribution in [-0.4, -0.2) is 24.1 Å². The Kier molecular flexibility index (Phi) is 3.72. The van der Waals surface area contributed by atoms with Crippen molar-refractivity contribution < 1.29 is 19.1 Å². The van der Waals surface area contributed by atoms with Crippen molar-refractivity contribution in [2.75, 3.05) is 6.61 Å². The molecule has 0 unspecified atom stereocenters. The molecule has 0 spiro atoms. The van der Waals surface area contributed by atoms with E-state index >= 15 is 0 Å². The van der Waals surface area contributed by atoms with E-state index in [-0.39, 0.29) is 11.9 Å². The highest BCUT2D eigenvalue weighted by molar-refractivity contribution is 5.85. The summed E-state index contributed by atoms with van der Waals surface area (Å²) in [5.41, 5.74) is -1.00. The summed E-state index contributed by atoms with van der Waals surface area (Å²) < 4.78 is 10.2. The molecular weight excluding hydrogens is 196 g/mol. The Morgan fingerprint density at radius 1 is 1.60 bits per heavy atom. The van der Waals surface area contributed by atoms with Gasteiger partial charge in [0.25, 0.3) is 0 Å². The Morgan fingerprint density at radius 2 is 2.27 bits per heavy atom. The predicted molar refractivity (Wildman–Crippen MR) is 54.1 cm³/mol. The summed E-state index contributed by atoms with van der Waals surface area (Å²) in [6, 6.07) is 0. The molecule has 1 saturated heterocycles. The zero-order valence-corrected chi connectivity index (χ0v) is 9.54. The van der Waals surface area contributed by atoms with E-state index in [0.717, 1.165) is 6.42 Å². The lowest BCUT2D eigenvalue weighted by molar-refractivity contribution is -0.176. The quantitative estimate of drug-likeness (QED) is 0.668. The van der Waals surface area contributed by atoms with Crippen LogP contribution in [0.5, 0.6) is 0 Å². The van der Waals surface area contributed by atoms with Gasteiger partial charge in [-0.2, -0.15) is 0 Å². The Labute approximate surface area is 89.9 Å². The fourth-order valence-corrected chi connectivity index (χ4v) is 1.63. The molecule has 1 heterocycles. The summed E-state index contributed by atoms with van der Waals surface area (Å²) in [7, 11) is 0. The molecule has 0 amide bonds. The standard InChI is InChI=1S/C11H18O4/c1-4-5-11(6-7-14-10(11)13)15-9(12)8(2)3/h8H,4-7H2,1-3H3/t11-/m0/s1. The van der Waals surface area contributed by atoms with Crippen molar-refractivity contribution in [2.24, 2.45) is 5.92 Å². The molecule has 1 fully saturated rings. The molecule has 1 aliphatic rings. The van der Waals surface area contributed by atoms with Gasteiger partial charge in [-0.05, 0) is 6.42 Å². The molecular formula is C11H18O4. The van der Waals surface area contributed by atoms with Crippen molar-refractivity contribution in [3.63, 3.8) is 0 Å². The van der Waals surface area contributed by atoms with Gasteiger partial charge in [0.2, 0.25) is 5.60 Å². The molecule has 0 aromatic heterocycles. The molecule has 1 atom stereocenters. The van der Waals surface area contributed by atoms with Gasteiger partial charge in [0, 0.05) is 6.42 Å². The number of carbonyl (C=O) groups is 2. The van der Waals surface area contributed by atoms with Gasteiger partial charge in [0.15, 0.2) is 0 Å². The number of rotatable bonds is 4. The third-order valence-corrected chi connectivity index (χ3v) is 2.53. The predicted octanol–water partition coefficient (Wildman–Crippen LogP) is 1.67. The van der Waals surface area contributed by atoms with Crippen LogP contribution in [0, 0.1) is 5.92 Å². The van der Waals surface area contributed by atoms with E-state index in [1.807, 2.05) is 6.92 Å². The first-order chi connectivity index (χ1) is 7.02. The fraction of sp³-hybridized carbons (Fsp3) is 0.818. The van der Waals surface area contributed by atoms with Crippen LogP contribution in [0.2, 0.25) is 0 Å². The highest BCUT2D eigenvalue weighted by Gasteiger charge is 2.47. The first-order valence-electron chi connectivity index (χ1n) is 5.42. The average Bonchev–Trinajstić information content (AvgIpc) is 2.48. The minimum atomic E-state index is -1.00. The molecule has 0 aromatic carbocycles. The van der Waals surface area contributed by atoms with E-state index in [2.05, 4.69) is 0 Å². The van der Waals surface area contributed by atoms with Gasteiger partial charge in [-0.25, -0.2) is 4.79 Å². The zero-order chi connectivity index (χ0) is 11.5. The minimum Gasteiger partial charge on any atom is -0.463 e. The summed E-state index contributed by atoms with van der Waals surface area (Å²) in [6.07, 6.45) is 1.82. The van der Waals surface area contributed by atoms with E-state index in [1.165, 1.54) is 0 Å². The topological polar surface area (TPSA) is 52.6 Å². The van der Waals surface area contributed by atoms with Crippen molar-refractivity contribution in [1.82, 2.24) is 0 Å². The Hall–Kier alpha value is -1.06. The van der Waals surface area contributed by atoms with Crippen LogP contribution in [0.1, 0.15) is 40.0 Å². The number of hydrogen-bond acceptors (Lipinski definition) is 4. The first-order valence-corrected chi connectivity index (χ1v) is 5.42. The van der Waals surface area contributed by atoms with Crippen molar-refractivity contribution in [3.8, 4) is 0 Å². The van der Waals surface area contributed by atoms with Crippen molar-refractivity contribution in [2.45, 2.75) is 45.6 Å². The molecule has 0 aliphatic carbocycles. The third-order valence-electron chi connectivity index (χ3n) is 2.53.